The van der Waals surface area contributed by atoms with E-state index in [-0.39, 0.29) is 26.1 Å². The molecule has 0 saturated carbocycles. The minimum absolute atomic E-state index is 0. The zero-order valence-corrected chi connectivity index (χ0v) is 9.64. The SMILES string of the molecule is CCO.[CH2-]CCCC=O.[Zn]. The average Bonchev–Trinajstić information content (AvgIpc) is 1.86. The van der Waals surface area contributed by atoms with Gasteiger partial charge in [0, 0.05) is 32.5 Å². The Morgan fingerprint density at radius 2 is 2.00 bits per heavy atom. The second kappa shape index (κ2) is 22.8. The summed E-state index contributed by atoms with van der Waals surface area (Å²) < 4.78 is 0. The number of unbranched alkanes of at least 4 members (excludes halogenated alkanes) is 2. The summed E-state index contributed by atoms with van der Waals surface area (Å²) in [6.45, 7) is 5.49. The van der Waals surface area contributed by atoms with E-state index < -0.39 is 0 Å². The Bertz CT molecular complexity index is 48.9. The third-order valence-electron chi connectivity index (χ3n) is 0.572. The fraction of sp³-hybridized carbons (Fsp3) is 0.714. The topological polar surface area (TPSA) is 37.3 Å². The van der Waals surface area contributed by atoms with Gasteiger partial charge >= 0.3 is 0 Å². The number of rotatable bonds is 3. The van der Waals surface area contributed by atoms with Crippen LogP contribution in [0, 0.1) is 6.92 Å². The average molecular weight is 197 g/mol. The largest absolute Gasteiger partial charge is 0.397 e. The number of aliphatic hydroxyl groups is 1. The monoisotopic (exact) mass is 195 g/mol. The first kappa shape index (κ1) is 16.7. The molecule has 0 aliphatic carbocycles. The van der Waals surface area contributed by atoms with Crippen LogP contribution in [0.4, 0.5) is 0 Å². The van der Waals surface area contributed by atoms with Gasteiger partial charge in [-0.25, -0.2) is 0 Å². The zero-order valence-electron chi connectivity index (χ0n) is 6.68. The van der Waals surface area contributed by atoms with Crippen molar-refractivity contribution >= 4 is 6.29 Å². The van der Waals surface area contributed by atoms with Crippen molar-refractivity contribution in [1.82, 2.24) is 0 Å². The number of hydrogen-bond donors (Lipinski definition) is 1. The molecule has 0 fully saturated rings. The van der Waals surface area contributed by atoms with Gasteiger partial charge in [-0.15, -0.1) is 0 Å². The van der Waals surface area contributed by atoms with Crippen LogP contribution in [0.1, 0.15) is 26.2 Å². The van der Waals surface area contributed by atoms with Gasteiger partial charge in [0.25, 0.3) is 0 Å². The molecule has 0 aromatic rings. The predicted octanol–water partition coefficient (Wildman–Crippen LogP) is 1.19. The minimum atomic E-state index is 0. The Kier molecular flexibility index (Phi) is 38.1. The summed E-state index contributed by atoms with van der Waals surface area (Å²) >= 11 is 0. The summed E-state index contributed by atoms with van der Waals surface area (Å²) in [6, 6.07) is 0. The molecule has 0 unspecified atom stereocenters. The first-order valence-corrected chi connectivity index (χ1v) is 3.17. The molecule has 0 bridgehead atoms. The van der Waals surface area contributed by atoms with E-state index in [1.165, 1.54) is 0 Å². The molecule has 0 amide bonds. The van der Waals surface area contributed by atoms with Gasteiger partial charge in [0.15, 0.2) is 0 Å². The molecular formula is C7H15O2Zn-. The molecular weight excluding hydrogens is 181 g/mol. The number of aliphatic hydroxyl groups excluding tert-OH is 1. The van der Waals surface area contributed by atoms with Gasteiger partial charge < -0.3 is 16.8 Å². The quantitative estimate of drug-likeness (QED) is 0.319. The Balaban J connectivity index is -0.000000107. The van der Waals surface area contributed by atoms with Crippen LogP contribution in [0.2, 0.25) is 0 Å². The van der Waals surface area contributed by atoms with E-state index in [4.69, 9.17) is 5.11 Å². The molecule has 0 heterocycles. The smallest absolute Gasteiger partial charge is 0.119 e. The molecule has 3 heteroatoms. The summed E-state index contributed by atoms with van der Waals surface area (Å²) in [6.07, 6.45) is 3.40. The van der Waals surface area contributed by atoms with Crippen molar-refractivity contribution in [3.63, 3.8) is 0 Å². The van der Waals surface area contributed by atoms with Gasteiger partial charge in [0.1, 0.15) is 6.29 Å². The molecule has 2 nitrogen and oxygen atoms in total. The van der Waals surface area contributed by atoms with Gasteiger partial charge in [-0.05, 0) is 6.92 Å². The van der Waals surface area contributed by atoms with Crippen molar-refractivity contribution in [3.8, 4) is 0 Å². The summed E-state index contributed by atoms with van der Waals surface area (Å²) in [5, 5.41) is 7.57. The Morgan fingerprint density at radius 1 is 1.60 bits per heavy atom. The third kappa shape index (κ3) is 41.0. The Hall–Kier alpha value is 0.253. The Labute approximate surface area is 75.8 Å². The molecule has 0 atom stereocenters. The van der Waals surface area contributed by atoms with Crippen molar-refractivity contribution in [3.05, 3.63) is 6.92 Å². The van der Waals surface area contributed by atoms with E-state index in [0.717, 1.165) is 19.1 Å². The second-order valence-corrected chi connectivity index (χ2v) is 1.48. The summed E-state index contributed by atoms with van der Waals surface area (Å²) in [5.41, 5.74) is 0. The fourth-order valence-corrected chi connectivity index (χ4v) is 0.228. The number of carbonyl (C=O) groups excluding carboxylic acids is 1. The van der Waals surface area contributed by atoms with Crippen LogP contribution < -0.4 is 0 Å². The van der Waals surface area contributed by atoms with Crippen molar-refractivity contribution in [2.45, 2.75) is 26.2 Å². The molecule has 0 rings (SSSR count). The molecule has 0 radical (unpaired) electrons. The van der Waals surface area contributed by atoms with Crippen LogP contribution in [-0.4, -0.2) is 18.0 Å². The summed E-state index contributed by atoms with van der Waals surface area (Å²) in [4.78, 5) is 9.54. The first-order valence-electron chi connectivity index (χ1n) is 3.17. The van der Waals surface area contributed by atoms with Crippen LogP contribution in [-0.2, 0) is 24.3 Å². The predicted molar refractivity (Wildman–Crippen MR) is 38.0 cm³/mol. The van der Waals surface area contributed by atoms with Gasteiger partial charge in [-0.3, -0.25) is 0 Å². The fourth-order valence-electron chi connectivity index (χ4n) is 0.228. The maximum Gasteiger partial charge on any atom is 0.119 e. The molecule has 0 aromatic carbocycles. The second-order valence-electron chi connectivity index (χ2n) is 1.48. The maximum absolute atomic E-state index is 9.54. The summed E-state index contributed by atoms with van der Waals surface area (Å²) in [5.74, 6) is 0. The molecule has 10 heavy (non-hydrogen) atoms. The van der Waals surface area contributed by atoms with E-state index >= 15 is 0 Å². The van der Waals surface area contributed by atoms with Gasteiger partial charge in [-0.2, -0.15) is 6.42 Å². The van der Waals surface area contributed by atoms with Crippen molar-refractivity contribution in [1.29, 1.82) is 0 Å². The van der Waals surface area contributed by atoms with E-state index in [0.29, 0.717) is 6.42 Å². The first-order chi connectivity index (χ1) is 4.33. The molecule has 0 aliphatic heterocycles. The molecule has 0 spiro atoms. The number of hydrogen-bond acceptors (Lipinski definition) is 2. The van der Waals surface area contributed by atoms with E-state index in [1.807, 2.05) is 0 Å². The van der Waals surface area contributed by atoms with E-state index in [1.54, 1.807) is 6.92 Å². The van der Waals surface area contributed by atoms with Crippen molar-refractivity contribution in [2.24, 2.45) is 0 Å². The number of carbonyl (C=O) groups is 1. The molecule has 0 aromatic heterocycles. The summed E-state index contributed by atoms with van der Waals surface area (Å²) in [7, 11) is 0. The molecule has 58 valence electrons. The normalized spacial score (nSPS) is 6.70. The van der Waals surface area contributed by atoms with Crippen LogP contribution >= 0.6 is 0 Å². The molecule has 0 aliphatic rings. The van der Waals surface area contributed by atoms with Crippen molar-refractivity contribution in [2.75, 3.05) is 6.61 Å². The zero-order chi connectivity index (χ0) is 7.54. The standard InChI is InChI=1S/C5H9O.C2H6O.Zn/c1-2-3-4-5-6;1-2-3;/h5H,1-4H2;3H,2H2,1H3;/q-1;;. The van der Waals surface area contributed by atoms with Crippen molar-refractivity contribution < 1.29 is 29.4 Å². The van der Waals surface area contributed by atoms with E-state index in [2.05, 4.69) is 6.92 Å². The van der Waals surface area contributed by atoms with E-state index in [9.17, 15) is 4.79 Å². The van der Waals surface area contributed by atoms with Crippen LogP contribution in [0.5, 0.6) is 0 Å². The van der Waals surface area contributed by atoms with Gasteiger partial charge in [0.2, 0.25) is 0 Å². The van der Waals surface area contributed by atoms with Crippen LogP contribution in [0.3, 0.4) is 0 Å². The van der Waals surface area contributed by atoms with Crippen LogP contribution in [0.15, 0.2) is 0 Å². The molecule has 0 saturated heterocycles. The van der Waals surface area contributed by atoms with Gasteiger partial charge in [-0.1, -0.05) is 6.42 Å². The number of aldehydes is 1. The maximum atomic E-state index is 9.54. The Morgan fingerprint density at radius 3 is 2.10 bits per heavy atom. The third-order valence-corrected chi connectivity index (χ3v) is 0.572. The van der Waals surface area contributed by atoms with Crippen LogP contribution in [0.25, 0.3) is 0 Å². The van der Waals surface area contributed by atoms with Gasteiger partial charge in [0.05, 0.1) is 0 Å². The minimum Gasteiger partial charge on any atom is -0.397 e. The molecule has 1 N–H and O–H groups in total.